The first-order valence-corrected chi connectivity index (χ1v) is 5.72. The van der Waals surface area contributed by atoms with E-state index in [1.807, 2.05) is 6.92 Å². The third-order valence-electron chi connectivity index (χ3n) is 3.26. The topological polar surface area (TPSA) is 27.0 Å². The molecule has 3 atom stereocenters. The van der Waals surface area contributed by atoms with Crippen LogP contribution in [0.3, 0.4) is 0 Å². The minimum Gasteiger partial charge on any atom is -0.350 e. The van der Waals surface area contributed by atoms with Gasteiger partial charge in [0.25, 0.3) is 0 Å². The molecule has 0 amide bonds. The van der Waals surface area contributed by atoms with Gasteiger partial charge in [-0.05, 0) is 18.8 Å². The van der Waals surface area contributed by atoms with Crippen LogP contribution in [0.25, 0.3) is 0 Å². The maximum Gasteiger partial charge on any atom is 0.117 e. The van der Waals surface area contributed by atoms with Gasteiger partial charge in [-0.1, -0.05) is 33.0 Å². The molecule has 1 fully saturated rings. The molecule has 0 aromatic rings. The van der Waals surface area contributed by atoms with Crippen LogP contribution < -0.4 is 0 Å². The lowest BCUT2D eigenvalue weighted by molar-refractivity contribution is 0.256. The summed E-state index contributed by atoms with van der Waals surface area (Å²) in [5.74, 6) is 1.11. The average Bonchev–Trinajstić information content (AvgIpc) is 2.19. The van der Waals surface area contributed by atoms with Gasteiger partial charge in [0, 0.05) is 12.5 Å². The van der Waals surface area contributed by atoms with Gasteiger partial charge in [0.05, 0.1) is 11.1 Å². The molecule has 1 aliphatic rings. The van der Waals surface area contributed by atoms with E-state index in [1.165, 1.54) is 0 Å². The van der Waals surface area contributed by atoms with E-state index in [4.69, 9.17) is 17.5 Å². The van der Waals surface area contributed by atoms with Gasteiger partial charge in [0.1, 0.15) is 6.04 Å². The standard InChI is InChI=1S/C11H18N2S/c1-4-10(7-12)13-6-5-8(2)9(3)11(13)14/h8-10H,4-6H2,1-3H3. The number of rotatable bonds is 2. The number of hydrogen-bond acceptors (Lipinski definition) is 2. The van der Waals surface area contributed by atoms with E-state index in [9.17, 15) is 0 Å². The fourth-order valence-corrected chi connectivity index (χ4v) is 2.35. The lowest BCUT2D eigenvalue weighted by Crippen LogP contribution is -2.47. The monoisotopic (exact) mass is 210 g/mol. The number of nitriles is 1. The third kappa shape index (κ3) is 2.06. The maximum atomic E-state index is 9.00. The molecule has 1 aliphatic heterocycles. The second-order valence-electron chi connectivity index (χ2n) is 4.14. The van der Waals surface area contributed by atoms with Crippen molar-refractivity contribution in [3.63, 3.8) is 0 Å². The van der Waals surface area contributed by atoms with Gasteiger partial charge in [-0.15, -0.1) is 0 Å². The second kappa shape index (κ2) is 4.75. The van der Waals surface area contributed by atoms with Crippen molar-refractivity contribution in [2.75, 3.05) is 6.54 Å². The molecule has 1 rings (SSSR count). The van der Waals surface area contributed by atoms with Gasteiger partial charge in [0.2, 0.25) is 0 Å². The molecule has 3 unspecified atom stereocenters. The van der Waals surface area contributed by atoms with Crippen LogP contribution in [-0.4, -0.2) is 22.5 Å². The van der Waals surface area contributed by atoms with Crippen LogP contribution in [0.2, 0.25) is 0 Å². The van der Waals surface area contributed by atoms with Crippen LogP contribution in [0, 0.1) is 23.2 Å². The largest absolute Gasteiger partial charge is 0.350 e. The highest BCUT2D eigenvalue weighted by Crippen LogP contribution is 2.26. The summed E-state index contributed by atoms with van der Waals surface area (Å²) in [6.07, 6.45) is 2.01. The first kappa shape index (κ1) is 11.5. The van der Waals surface area contributed by atoms with Crippen molar-refractivity contribution in [3.8, 4) is 6.07 Å². The zero-order valence-corrected chi connectivity index (χ0v) is 9.97. The summed E-state index contributed by atoms with van der Waals surface area (Å²) in [6, 6.07) is 2.31. The van der Waals surface area contributed by atoms with E-state index in [0.29, 0.717) is 11.8 Å². The first-order chi connectivity index (χ1) is 6.61. The molecule has 0 spiro atoms. The molecule has 2 nitrogen and oxygen atoms in total. The molecule has 0 aliphatic carbocycles. The van der Waals surface area contributed by atoms with E-state index in [0.717, 1.165) is 24.4 Å². The van der Waals surface area contributed by atoms with Crippen molar-refractivity contribution in [1.82, 2.24) is 4.90 Å². The number of thiocarbonyl (C=S) groups is 1. The normalized spacial score (nSPS) is 29.9. The Morgan fingerprint density at radius 1 is 1.64 bits per heavy atom. The summed E-state index contributed by atoms with van der Waals surface area (Å²) in [5.41, 5.74) is 0. The summed E-state index contributed by atoms with van der Waals surface area (Å²) in [7, 11) is 0. The van der Waals surface area contributed by atoms with Crippen LogP contribution in [-0.2, 0) is 0 Å². The Balaban J connectivity index is 2.73. The Morgan fingerprint density at radius 3 is 2.79 bits per heavy atom. The van der Waals surface area contributed by atoms with Crippen molar-refractivity contribution < 1.29 is 0 Å². The third-order valence-corrected chi connectivity index (χ3v) is 3.87. The second-order valence-corrected chi connectivity index (χ2v) is 4.56. The van der Waals surface area contributed by atoms with E-state index < -0.39 is 0 Å². The molecule has 0 aromatic carbocycles. The SMILES string of the molecule is CCC(C#N)N1CCC(C)C(C)C1=S. The highest BCUT2D eigenvalue weighted by molar-refractivity contribution is 7.80. The summed E-state index contributed by atoms with van der Waals surface area (Å²) < 4.78 is 0. The Labute approximate surface area is 91.9 Å². The molecular formula is C11H18N2S. The average molecular weight is 210 g/mol. The molecule has 78 valence electrons. The lowest BCUT2D eigenvalue weighted by Gasteiger charge is -2.39. The van der Waals surface area contributed by atoms with Crippen molar-refractivity contribution in [3.05, 3.63) is 0 Å². The van der Waals surface area contributed by atoms with E-state index in [1.54, 1.807) is 0 Å². The summed E-state index contributed by atoms with van der Waals surface area (Å²) in [5, 5.41) is 9.00. The smallest absolute Gasteiger partial charge is 0.117 e. The van der Waals surface area contributed by atoms with Gasteiger partial charge in [-0.25, -0.2) is 0 Å². The van der Waals surface area contributed by atoms with Crippen molar-refractivity contribution in [2.24, 2.45) is 11.8 Å². The van der Waals surface area contributed by atoms with Crippen LogP contribution >= 0.6 is 12.2 Å². The number of piperidine rings is 1. The molecule has 0 radical (unpaired) electrons. The fourth-order valence-electron chi connectivity index (χ4n) is 1.90. The summed E-state index contributed by atoms with van der Waals surface area (Å²) >= 11 is 5.41. The Kier molecular flexibility index (Phi) is 3.88. The lowest BCUT2D eigenvalue weighted by atomic mass is 9.87. The zero-order valence-electron chi connectivity index (χ0n) is 9.16. The van der Waals surface area contributed by atoms with Crippen LogP contribution in [0.15, 0.2) is 0 Å². The van der Waals surface area contributed by atoms with Gasteiger partial charge in [0.15, 0.2) is 0 Å². The Morgan fingerprint density at radius 2 is 2.29 bits per heavy atom. The predicted molar refractivity (Wildman–Crippen MR) is 61.9 cm³/mol. The maximum absolute atomic E-state index is 9.00. The minimum absolute atomic E-state index is 0.0163. The quantitative estimate of drug-likeness (QED) is 0.656. The van der Waals surface area contributed by atoms with Gasteiger partial charge in [-0.2, -0.15) is 5.26 Å². The highest BCUT2D eigenvalue weighted by Gasteiger charge is 2.30. The molecule has 0 N–H and O–H groups in total. The minimum atomic E-state index is -0.0163. The van der Waals surface area contributed by atoms with Crippen LogP contribution in [0.4, 0.5) is 0 Å². The van der Waals surface area contributed by atoms with Crippen LogP contribution in [0.5, 0.6) is 0 Å². The van der Waals surface area contributed by atoms with Crippen LogP contribution in [0.1, 0.15) is 33.6 Å². The number of hydrogen-bond donors (Lipinski definition) is 0. The predicted octanol–water partition coefficient (Wildman–Crippen LogP) is 2.59. The Hall–Kier alpha value is -0.620. The fraction of sp³-hybridized carbons (Fsp3) is 0.818. The van der Waals surface area contributed by atoms with E-state index >= 15 is 0 Å². The molecule has 1 saturated heterocycles. The Bertz CT molecular complexity index is 257. The highest BCUT2D eigenvalue weighted by atomic mass is 32.1. The molecule has 14 heavy (non-hydrogen) atoms. The molecule has 0 aromatic heterocycles. The zero-order chi connectivity index (χ0) is 10.7. The van der Waals surface area contributed by atoms with Gasteiger partial charge in [-0.3, -0.25) is 0 Å². The van der Waals surface area contributed by atoms with E-state index in [-0.39, 0.29) is 6.04 Å². The summed E-state index contributed by atoms with van der Waals surface area (Å²) in [4.78, 5) is 3.09. The van der Waals surface area contributed by atoms with Crippen molar-refractivity contribution in [2.45, 2.75) is 39.7 Å². The van der Waals surface area contributed by atoms with E-state index in [2.05, 4.69) is 24.8 Å². The molecule has 0 bridgehead atoms. The molecular weight excluding hydrogens is 192 g/mol. The van der Waals surface area contributed by atoms with Gasteiger partial charge >= 0.3 is 0 Å². The molecule has 3 heteroatoms. The number of likely N-dealkylation sites (tertiary alicyclic amines) is 1. The van der Waals surface area contributed by atoms with Crippen molar-refractivity contribution >= 4 is 17.2 Å². The van der Waals surface area contributed by atoms with Gasteiger partial charge < -0.3 is 4.90 Å². The summed E-state index contributed by atoms with van der Waals surface area (Å²) in [6.45, 7) is 7.40. The first-order valence-electron chi connectivity index (χ1n) is 5.31. The number of nitrogens with zero attached hydrogens (tertiary/aromatic N) is 2. The van der Waals surface area contributed by atoms with Crippen molar-refractivity contribution in [1.29, 1.82) is 5.26 Å². The molecule has 0 saturated carbocycles. The molecule has 1 heterocycles.